The summed E-state index contributed by atoms with van der Waals surface area (Å²) in [4.78, 5) is 37.4. The summed E-state index contributed by atoms with van der Waals surface area (Å²) in [7, 11) is 0. The van der Waals surface area contributed by atoms with Gasteiger partial charge in [0.2, 0.25) is 5.91 Å². The number of fused-ring (bicyclic) bond motifs is 1. The van der Waals surface area contributed by atoms with Crippen molar-refractivity contribution in [3.63, 3.8) is 0 Å². The lowest BCUT2D eigenvalue weighted by molar-refractivity contribution is -0.121. The fraction of sp³-hybridized carbons (Fsp3) is 0.261. The summed E-state index contributed by atoms with van der Waals surface area (Å²) in [5, 5.41) is 2.84. The summed E-state index contributed by atoms with van der Waals surface area (Å²) in [6.45, 7) is 6.92. The van der Waals surface area contributed by atoms with Crippen molar-refractivity contribution in [2.45, 2.75) is 33.0 Å². The van der Waals surface area contributed by atoms with Gasteiger partial charge in [0, 0.05) is 26.1 Å². The molecule has 1 heterocycles. The van der Waals surface area contributed by atoms with Crippen LogP contribution in [0.25, 0.3) is 11.0 Å². The number of ether oxygens (including phenoxy) is 1. The van der Waals surface area contributed by atoms with Gasteiger partial charge in [-0.15, -0.1) is 6.58 Å². The first-order chi connectivity index (χ1) is 14.5. The highest BCUT2D eigenvalue weighted by Gasteiger charge is 2.13. The second kappa shape index (κ2) is 9.73. The van der Waals surface area contributed by atoms with Crippen LogP contribution in [0, 0.1) is 0 Å². The van der Waals surface area contributed by atoms with Gasteiger partial charge in [-0.05, 0) is 36.8 Å². The van der Waals surface area contributed by atoms with Gasteiger partial charge >= 0.3 is 11.1 Å². The van der Waals surface area contributed by atoms with Crippen molar-refractivity contribution in [1.29, 1.82) is 0 Å². The number of amides is 1. The van der Waals surface area contributed by atoms with Crippen LogP contribution in [0.1, 0.15) is 18.9 Å². The van der Waals surface area contributed by atoms with Crippen LogP contribution in [-0.4, -0.2) is 21.6 Å². The maximum Gasteiger partial charge on any atom is 0.317 e. The summed E-state index contributed by atoms with van der Waals surface area (Å²) in [5.74, 6) is 0.583. The Morgan fingerprint density at radius 1 is 1.03 bits per heavy atom. The van der Waals surface area contributed by atoms with Crippen molar-refractivity contribution in [3.05, 3.63) is 87.5 Å². The van der Waals surface area contributed by atoms with E-state index in [9.17, 15) is 14.4 Å². The van der Waals surface area contributed by atoms with E-state index in [0.29, 0.717) is 24.2 Å². The highest BCUT2D eigenvalue weighted by atomic mass is 16.5. The third kappa shape index (κ3) is 4.68. The highest BCUT2D eigenvalue weighted by Crippen LogP contribution is 2.13. The van der Waals surface area contributed by atoms with E-state index >= 15 is 0 Å². The lowest BCUT2D eigenvalue weighted by Crippen LogP contribution is -2.42. The van der Waals surface area contributed by atoms with E-state index in [0.717, 1.165) is 11.3 Å². The van der Waals surface area contributed by atoms with Gasteiger partial charge in [0.05, 0.1) is 17.6 Å². The Balaban J connectivity index is 1.71. The lowest BCUT2D eigenvalue weighted by atomic mass is 10.2. The zero-order valence-corrected chi connectivity index (χ0v) is 17.0. The Hall–Kier alpha value is -3.61. The summed E-state index contributed by atoms with van der Waals surface area (Å²) < 4.78 is 8.17. The van der Waals surface area contributed by atoms with Crippen molar-refractivity contribution in [2.75, 3.05) is 6.61 Å². The molecule has 0 aliphatic heterocycles. The molecule has 0 saturated carbocycles. The number of hydrogen-bond donors (Lipinski definition) is 1. The largest absolute Gasteiger partial charge is 0.494 e. The minimum absolute atomic E-state index is 0.0891. The van der Waals surface area contributed by atoms with Gasteiger partial charge in [0.1, 0.15) is 5.75 Å². The molecule has 2 aromatic carbocycles. The number of benzene rings is 2. The molecule has 0 radical (unpaired) electrons. The van der Waals surface area contributed by atoms with Crippen molar-refractivity contribution in [3.8, 4) is 5.75 Å². The number of aryl methyl sites for hydroxylation is 1. The standard InChI is InChI=1S/C23H25N3O4/c1-3-14-25-19-7-5-6-8-20(19)26(23(29)22(25)28)15-13-21(27)24-16-17-9-11-18(12-10-17)30-4-2/h3,5-12H,1,4,13-16H2,2H3,(H,24,27). The lowest BCUT2D eigenvalue weighted by Gasteiger charge is -2.14. The van der Waals surface area contributed by atoms with Gasteiger partial charge in [-0.2, -0.15) is 0 Å². The van der Waals surface area contributed by atoms with Crippen LogP contribution >= 0.6 is 0 Å². The number of hydrogen-bond acceptors (Lipinski definition) is 4. The fourth-order valence-corrected chi connectivity index (χ4v) is 3.28. The molecule has 30 heavy (non-hydrogen) atoms. The average molecular weight is 407 g/mol. The van der Waals surface area contributed by atoms with Gasteiger partial charge in [-0.25, -0.2) is 0 Å². The number of nitrogens with one attached hydrogen (secondary N) is 1. The monoisotopic (exact) mass is 407 g/mol. The minimum Gasteiger partial charge on any atom is -0.494 e. The Morgan fingerprint density at radius 3 is 2.30 bits per heavy atom. The van der Waals surface area contributed by atoms with Crippen molar-refractivity contribution in [2.24, 2.45) is 0 Å². The summed E-state index contributed by atoms with van der Waals surface area (Å²) in [6.07, 6.45) is 1.66. The highest BCUT2D eigenvalue weighted by molar-refractivity contribution is 5.77. The molecule has 3 aromatic rings. The van der Waals surface area contributed by atoms with E-state index in [1.807, 2.05) is 31.2 Å². The third-order valence-corrected chi connectivity index (χ3v) is 4.73. The molecule has 0 saturated heterocycles. The smallest absolute Gasteiger partial charge is 0.317 e. The summed E-state index contributed by atoms with van der Waals surface area (Å²) >= 11 is 0. The van der Waals surface area contributed by atoms with E-state index in [1.165, 1.54) is 9.13 Å². The van der Waals surface area contributed by atoms with Crippen molar-refractivity contribution in [1.82, 2.24) is 14.5 Å². The van der Waals surface area contributed by atoms with E-state index < -0.39 is 11.1 Å². The van der Waals surface area contributed by atoms with Gasteiger partial charge in [-0.1, -0.05) is 30.3 Å². The average Bonchev–Trinajstić information content (AvgIpc) is 2.76. The summed E-state index contributed by atoms with van der Waals surface area (Å²) in [5.41, 5.74) is 0.930. The molecular weight excluding hydrogens is 382 g/mol. The molecule has 0 fully saturated rings. The van der Waals surface area contributed by atoms with E-state index in [-0.39, 0.29) is 25.4 Å². The minimum atomic E-state index is -0.644. The van der Waals surface area contributed by atoms with E-state index in [4.69, 9.17) is 4.74 Å². The molecule has 0 atom stereocenters. The first-order valence-electron chi connectivity index (χ1n) is 9.87. The second-order valence-corrected chi connectivity index (χ2v) is 6.75. The Bertz CT molecular complexity index is 1160. The van der Waals surface area contributed by atoms with E-state index in [2.05, 4.69) is 11.9 Å². The molecule has 0 aliphatic rings. The molecule has 0 spiro atoms. The number of para-hydroxylation sites is 2. The van der Waals surface area contributed by atoms with E-state index in [1.54, 1.807) is 30.3 Å². The number of rotatable bonds is 9. The van der Waals surface area contributed by atoms with Crippen molar-refractivity contribution < 1.29 is 9.53 Å². The predicted molar refractivity (Wildman–Crippen MR) is 117 cm³/mol. The SMILES string of the molecule is C=CCn1c(=O)c(=O)n(CCC(=O)NCc2ccc(OCC)cc2)c2ccccc21. The zero-order chi connectivity index (χ0) is 21.5. The molecule has 1 amide bonds. The summed E-state index contributed by atoms with van der Waals surface area (Å²) in [6, 6.07) is 14.7. The molecule has 7 nitrogen and oxygen atoms in total. The van der Waals surface area contributed by atoms with Crippen molar-refractivity contribution >= 4 is 16.9 Å². The molecule has 1 aromatic heterocycles. The Morgan fingerprint density at radius 2 is 1.67 bits per heavy atom. The van der Waals surface area contributed by atoms with Crippen LogP contribution in [0.2, 0.25) is 0 Å². The maximum atomic E-state index is 12.6. The number of carbonyl (C=O) groups excluding carboxylic acids is 1. The number of aromatic nitrogens is 2. The number of carbonyl (C=O) groups is 1. The third-order valence-electron chi connectivity index (χ3n) is 4.73. The molecule has 156 valence electrons. The molecule has 0 unspecified atom stereocenters. The van der Waals surface area contributed by atoms with Gasteiger partial charge in [-0.3, -0.25) is 19.0 Å². The Labute approximate surface area is 174 Å². The van der Waals surface area contributed by atoms with Crippen LogP contribution < -0.4 is 21.2 Å². The van der Waals surface area contributed by atoms with Crippen LogP contribution in [0.5, 0.6) is 5.75 Å². The fourth-order valence-electron chi connectivity index (χ4n) is 3.28. The van der Waals surface area contributed by atoms with Gasteiger partial charge in [0.25, 0.3) is 0 Å². The molecular formula is C23H25N3O4. The molecule has 1 N–H and O–H groups in total. The quantitative estimate of drug-likeness (QED) is 0.436. The van der Waals surface area contributed by atoms with Gasteiger partial charge < -0.3 is 14.6 Å². The number of nitrogens with zero attached hydrogens (tertiary/aromatic N) is 2. The molecule has 0 bridgehead atoms. The topological polar surface area (TPSA) is 82.3 Å². The normalized spacial score (nSPS) is 10.7. The Kier molecular flexibility index (Phi) is 6.85. The zero-order valence-electron chi connectivity index (χ0n) is 17.0. The predicted octanol–water partition coefficient (Wildman–Crippen LogP) is 2.45. The molecule has 3 rings (SSSR count). The second-order valence-electron chi connectivity index (χ2n) is 6.75. The van der Waals surface area contributed by atoms with Crippen LogP contribution in [0.3, 0.4) is 0 Å². The van der Waals surface area contributed by atoms with Crippen LogP contribution in [0.15, 0.2) is 70.8 Å². The maximum absolute atomic E-state index is 12.6. The first-order valence-corrected chi connectivity index (χ1v) is 9.87. The molecule has 7 heteroatoms. The molecule has 0 aliphatic carbocycles. The first kappa shape index (κ1) is 21.1. The van der Waals surface area contributed by atoms with Crippen LogP contribution in [-0.2, 0) is 24.4 Å². The van der Waals surface area contributed by atoms with Crippen LogP contribution in [0.4, 0.5) is 0 Å². The number of allylic oxidation sites excluding steroid dienone is 1. The van der Waals surface area contributed by atoms with Gasteiger partial charge in [0.15, 0.2) is 0 Å².